The lowest BCUT2D eigenvalue weighted by molar-refractivity contribution is -0.139. The van der Waals surface area contributed by atoms with Gasteiger partial charge in [0.2, 0.25) is 0 Å². The second-order valence-corrected chi connectivity index (χ2v) is 3.68. The molecule has 1 aliphatic rings. The molecule has 1 saturated heterocycles. The standard InChI is InChI=1S/C8H15NO3/c1-6(10)7(11)9-4-3-8(2,12)5-9/h6,10,12H,3-5H2,1-2H3. The summed E-state index contributed by atoms with van der Waals surface area (Å²) in [5.41, 5.74) is -0.773. The molecule has 2 N–H and O–H groups in total. The third-order valence-corrected chi connectivity index (χ3v) is 2.12. The van der Waals surface area contributed by atoms with Gasteiger partial charge in [-0.25, -0.2) is 0 Å². The highest BCUT2D eigenvalue weighted by Crippen LogP contribution is 2.20. The van der Waals surface area contributed by atoms with Gasteiger partial charge >= 0.3 is 0 Å². The zero-order valence-electron chi connectivity index (χ0n) is 7.45. The van der Waals surface area contributed by atoms with Gasteiger partial charge in [0, 0.05) is 13.1 Å². The van der Waals surface area contributed by atoms with Crippen LogP contribution >= 0.6 is 0 Å². The van der Waals surface area contributed by atoms with Crippen LogP contribution in [-0.2, 0) is 4.79 Å². The van der Waals surface area contributed by atoms with Crippen molar-refractivity contribution in [1.82, 2.24) is 4.90 Å². The van der Waals surface area contributed by atoms with E-state index >= 15 is 0 Å². The van der Waals surface area contributed by atoms with Gasteiger partial charge in [-0.2, -0.15) is 0 Å². The average Bonchev–Trinajstić information content (AvgIpc) is 2.28. The molecule has 1 amide bonds. The van der Waals surface area contributed by atoms with E-state index in [0.29, 0.717) is 19.5 Å². The van der Waals surface area contributed by atoms with Crippen molar-refractivity contribution in [1.29, 1.82) is 0 Å². The fourth-order valence-corrected chi connectivity index (χ4v) is 1.40. The highest BCUT2D eigenvalue weighted by atomic mass is 16.3. The van der Waals surface area contributed by atoms with E-state index in [9.17, 15) is 9.90 Å². The lowest BCUT2D eigenvalue weighted by Gasteiger charge is -2.19. The predicted octanol–water partition coefficient (Wildman–Crippen LogP) is -0.649. The van der Waals surface area contributed by atoms with Crippen molar-refractivity contribution in [2.45, 2.75) is 32.0 Å². The number of hydrogen-bond donors (Lipinski definition) is 2. The van der Waals surface area contributed by atoms with Crippen LogP contribution in [0.5, 0.6) is 0 Å². The van der Waals surface area contributed by atoms with Gasteiger partial charge in [-0.3, -0.25) is 4.79 Å². The average molecular weight is 173 g/mol. The summed E-state index contributed by atoms with van der Waals surface area (Å²) in [4.78, 5) is 12.7. The molecule has 70 valence electrons. The normalized spacial score (nSPS) is 32.2. The molecule has 0 aliphatic carbocycles. The summed E-state index contributed by atoms with van der Waals surface area (Å²) < 4.78 is 0. The summed E-state index contributed by atoms with van der Waals surface area (Å²) in [7, 11) is 0. The molecule has 0 bridgehead atoms. The molecular formula is C8H15NO3. The van der Waals surface area contributed by atoms with E-state index in [1.165, 1.54) is 11.8 Å². The first kappa shape index (κ1) is 9.48. The maximum absolute atomic E-state index is 11.2. The number of aliphatic hydroxyl groups is 2. The van der Waals surface area contributed by atoms with Crippen LogP contribution in [0.4, 0.5) is 0 Å². The number of carbonyl (C=O) groups excluding carboxylic acids is 1. The van der Waals surface area contributed by atoms with Crippen molar-refractivity contribution >= 4 is 5.91 Å². The van der Waals surface area contributed by atoms with E-state index in [4.69, 9.17) is 5.11 Å². The zero-order valence-corrected chi connectivity index (χ0v) is 7.45. The van der Waals surface area contributed by atoms with Gasteiger partial charge in [0.05, 0.1) is 5.60 Å². The molecule has 2 atom stereocenters. The van der Waals surface area contributed by atoms with Crippen molar-refractivity contribution in [3.05, 3.63) is 0 Å². The molecule has 0 aromatic carbocycles. The molecule has 1 aliphatic heterocycles. The quantitative estimate of drug-likeness (QED) is 0.554. The largest absolute Gasteiger partial charge is 0.388 e. The second kappa shape index (κ2) is 3.03. The van der Waals surface area contributed by atoms with Gasteiger partial charge in [-0.05, 0) is 20.3 Å². The molecule has 2 unspecified atom stereocenters. The topological polar surface area (TPSA) is 60.8 Å². The molecule has 12 heavy (non-hydrogen) atoms. The molecule has 1 rings (SSSR count). The summed E-state index contributed by atoms with van der Waals surface area (Å²) >= 11 is 0. The zero-order chi connectivity index (χ0) is 9.35. The van der Waals surface area contributed by atoms with E-state index in [-0.39, 0.29) is 5.91 Å². The first-order valence-corrected chi connectivity index (χ1v) is 4.12. The second-order valence-electron chi connectivity index (χ2n) is 3.68. The van der Waals surface area contributed by atoms with Crippen molar-refractivity contribution in [2.75, 3.05) is 13.1 Å². The number of carbonyl (C=O) groups is 1. The van der Waals surface area contributed by atoms with Gasteiger partial charge in [0.15, 0.2) is 0 Å². The summed E-state index contributed by atoms with van der Waals surface area (Å²) in [6.45, 7) is 4.01. The monoisotopic (exact) mass is 173 g/mol. The minimum Gasteiger partial charge on any atom is -0.388 e. The lowest BCUT2D eigenvalue weighted by Crippen LogP contribution is -2.38. The molecule has 4 heteroatoms. The molecular weight excluding hydrogens is 158 g/mol. The van der Waals surface area contributed by atoms with Crippen LogP contribution < -0.4 is 0 Å². The molecule has 0 aromatic heterocycles. The number of amides is 1. The van der Waals surface area contributed by atoms with E-state index in [0.717, 1.165) is 0 Å². The number of likely N-dealkylation sites (tertiary alicyclic amines) is 1. The van der Waals surface area contributed by atoms with Crippen LogP contribution in [0.15, 0.2) is 0 Å². The van der Waals surface area contributed by atoms with E-state index in [2.05, 4.69) is 0 Å². The summed E-state index contributed by atoms with van der Waals surface area (Å²) in [5.74, 6) is -0.298. The SMILES string of the molecule is CC(O)C(=O)N1CCC(C)(O)C1. The lowest BCUT2D eigenvalue weighted by atomic mass is 10.1. The number of nitrogens with zero attached hydrogens (tertiary/aromatic N) is 1. The molecule has 1 heterocycles. The fraction of sp³-hybridized carbons (Fsp3) is 0.875. The van der Waals surface area contributed by atoms with Crippen molar-refractivity contribution in [3.8, 4) is 0 Å². The third kappa shape index (κ3) is 1.95. The number of aliphatic hydroxyl groups excluding tert-OH is 1. The van der Waals surface area contributed by atoms with Gasteiger partial charge in [0.1, 0.15) is 6.10 Å². The summed E-state index contributed by atoms with van der Waals surface area (Å²) in [5, 5.41) is 18.5. The Morgan fingerprint density at radius 1 is 1.67 bits per heavy atom. The summed E-state index contributed by atoms with van der Waals surface area (Å²) in [6.07, 6.45) is -0.371. The van der Waals surface area contributed by atoms with E-state index < -0.39 is 11.7 Å². The maximum Gasteiger partial charge on any atom is 0.251 e. The molecule has 0 aromatic rings. The Balaban J connectivity index is 2.53. The van der Waals surface area contributed by atoms with Gasteiger partial charge < -0.3 is 15.1 Å². The molecule has 1 fully saturated rings. The number of β-amino-alcohol motifs (C(OH)–C–C–N with tert-alkyl or cyclic N) is 1. The van der Waals surface area contributed by atoms with Gasteiger partial charge in [-0.1, -0.05) is 0 Å². The molecule has 0 saturated carbocycles. The van der Waals surface area contributed by atoms with Crippen LogP contribution in [0.2, 0.25) is 0 Å². The Morgan fingerprint density at radius 2 is 2.25 bits per heavy atom. The number of rotatable bonds is 1. The van der Waals surface area contributed by atoms with E-state index in [1.807, 2.05) is 0 Å². The van der Waals surface area contributed by atoms with Gasteiger partial charge in [0.25, 0.3) is 5.91 Å². The first-order chi connectivity index (χ1) is 5.42. The minimum absolute atomic E-state index is 0.298. The van der Waals surface area contributed by atoms with Crippen molar-refractivity contribution < 1.29 is 15.0 Å². The Kier molecular flexibility index (Phi) is 2.39. The molecule has 0 radical (unpaired) electrons. The van der Waals surface area contributed by atoms with Crippen LogP contribution in [0.3, 0.4) is 0 Å². The Bertz CT molecular complexity index is 189. The highest BCUT2D eigenvalue weighted by molar-refractivity contribution is 5.80. The molecule has 4 nitrogen and oxygen atoms in total. The first-order valence-electron chi connectivity index (χ1n) is 4.12. The maximum atomic E-state index is 11.2. The predicted molar refractivity (Wildman–Crippen MR) is 43.5 cm³/mol. The van der Waals surface area contributed by atoms with E-state index in [1.54, 1.807) is 6.92 Å². The Hall–Kier alpha value is -0.610. The third-order valence-electron chi connectivity index (χ3n) is 2.12. The minimum atomic E-state index is -0.959. The Labute approximate surface area is 71.8 Å². The fourth-order valence-electron chi connectivity index (χ4n) is 1.40. The summed E-state index contributed by atoms with van der Waals surface area (Å²) in [6, 6.07) is 0. The smallest absolute Gasteiger partial charge is 0.251 e. The van der Waals surface area contributed by atoms with Crippen LogP contribution in [0.25, 0.3) is 0 Å². The van der Waals surface area contributed by atoms with Crippen molar-refractivity contribution in [2.24, 2.45) is 0 Å². The highest BCUT2D eigenvalue weighted by Gasteiger charge is 2.34. The van der Waals surface area contributed by atoms with Crippen LogP contribution in [-0.4, -0.2) is 45.8 Å². The Morgan fingerprint density at radius 3 is 2.58 bits per heavy atom. The van der Waals surface area contributed by atoms with Crippen LogP contribution in [0.1, 0.15) is 20.3 Å². The van der Waals surface area contributed by atoms with Gasteiger partial charge in [-0.15, -0.1) is 0 Å². The van der Waals surface area contributed by atoms with Crippen LogP contribution in [0, 0.1) is 0 Å². The number of hydrogen-bond acceptors (Lipinski definition) is 3. The van der Waals surface area contributed by atoms with Crippen molar-refractivity contribution in [3.63, 3.8) is 0 Å². The molecule has 0 spiro atoms.